The SMILES string of the molecule is CC(C)Cc1ccc(S(=O)(=O)N(CCc2ccccc2)CC(=O)N2CCNCC2)cc1.O=C(O)C(F)(F)F. The van der Waals surface area contributed by atoms with Gasteiger partial charge in [-0.15, -0.1) is 0 Å². The maximum atomic E-state index is 13.4. The number of carbonyl (C=O) groups is 2. The first kappa shape index (κ1) is 31.3. The minimum absolute atomic E-state index is 0.136. The maximum Gasteiger partial charge on any atom is 0.490 e. The van der Waals surface area contributed by atoms with E-state index in [4.69, 9.17) is 9.90 Å². The van der Waals surface area contributed by atoms with Crippen molar-refractivity contribution in [2.45, 2.75) is 37.8 Å². The topological polar surface area (TPSA) is 107 Å². The quantitative estimate of drug-likeness (QED) is 0.491. The highest BCUT2D eigenvalue weighted by Gasteiger charge is 2.38. The molecule has 1 saturated heterocycles. The number of alkyl halides is 3. The number of piperazine rings is 1. The van der Waals surface area contributed by atoms with Crippen LogP contribution < -0.4 is 5.32 Å². The van der Waals surface area contributed by atoms with Crippen LogP contribution in [-0.2, 0) is 32.5 Å². The molecule has 0 radical (unpaired) electrons. The molecule has 1 heterocycles. The van der Waals surface area contributed by atoms with Crippen molar-refractivity contribution < 1.29 is 36.3 Å². The van der Waals surface area contributed by atoms with Crippen LogP contribution in [0.25, 0.3) is 0 Å². The molecule has 0 atom stereocenters. The van der Waals surface area contributed by atoms with Gasteiger partial charge in [0.15, 0.2) is 0 Å². The summed E-state index contributed by atoms with van der Waals surface area (Å²) in [5.74, 6) is -2.40. The second-order valence-electron chi connectivity index (χ2n) is 9.25. The van der Waals surface area contributed by atoms with E-state index in [1.54, 1.807) is 17.0 Å². The Bertz CT molecular complexity index is 1130. The summed E-state index contributed by atoms with van der Waals surface area (Å²) in [5.41, 5.74) is 2.16. The predicted molar refractivity (Wildman–Crippen MR) is 137 cm³/mol. The molecule has 0 saturated carbocycles. The Hall–Kier alpha value is -2.96. The molecule has 0 spiro atoms. The van der Waals surface area contributed by atoms with Crippen LogP contribution in [0.5, 0.6) is 0 Å². The lowest BCUT2D eigenvalue weighted by Crippen LogP contribution is -2.50. The molecule has 12 heteroatoms. The van der Waals surface area contributed by atoms with E-state index in [9.17, 15) is 26.4 Å². The van der Waals surface area contributed by atoms with Crippen molar-refractivity contribution in [1.82, 2.24) is 14.5 Å². The zero-order valence-corrected chi connectivity index (χ0v) is 22.3. The Morgan fingerprint density at radius 1 is 1.00 bits per heavy atom. The number of amides is 1. The van der Waals surface area contributed by atoms with E-state index < -0.39 is 22.2 Å². The summed E-state index contributed by atoms with van der Waals surface area (Å²) >= 11 is 0. The lowest BCUT2D eigenvalue weighted by molar-refractivity contribution is -0.192. The fourth-order valence-electron chi connectivity index (χ4n) is 3.77. The van der Waals surface area contributed by atoms with Crippen LogP contribution in [0.3, 0.4) is 0 Å². The van der Waals surface area contributed by atoms with Crippen LogP contribution in [-0.4, -0.2) is 80.1 Å². The van der Waals surface area contributed by atoms with Crippen LogP contribution >= 0.6 is 0 Å². The summed E-state index contributed by atoms with van der Waals surface area (Å²) in [6, 6.07) is 16.8. The molecule has 0 aromatic heterocycles. The highest BCUT2D eigenvalue weighted by atomic mass is 32.2. The average molecular weight is 558 g/mol. The molecule has 2 aromatic rings. The standard InChI is InChI=1S/C24H33N3O3S.C2HF3O2/c1-20(2)18-22-8-10-23(11-9-22)31(29,30)27(15-12-21-6-4-3-5-7-21)19-24(28)26-16-13-25-14-17-26;3-2(4,5)1(6)7/h3-11,20,25H,12-19H2,1-2H3;(H,6,7). The van der Waals surface area contributed by atoms with Gasteiger partial charge in [0.1, 0.15) is 0 Å². The number of hydrogen-bond acceptors (Lipinski definition) is 5. The number of rotatable bonds is 9. The number of nitrogens with one attached hydrogen (secondary N) is 1. The maximum absolute atomic E-state index is 13.4. The van der Waals surface area contributed by atoms with Gasteiger partial charge in [0, 0.05) is 32.7 Å². The summed E-state index contributed by atoms with van der Waals surface area (Å²) < 4.78 is 60.0. The number of carboxylic acid groups (broad SMARTS) is 1. The number of hydrogen-bond donors (Lipinski definition) is 2. The van der Waals surface area contributed by atoms with Gasteiger partial charge in [-0.1, -0.05) is 56.3 Å². The fraction of sp³-hybridized carbons (Fsp3) is 0.462. The second-order valence-corrected chi connectivity index (χ2v) is 11.2. The Balaban J connectivity index is 0.000000638. The monoisotopic (exact) mass is 557 g/mol. The molecule has 8 nitrogen and oxygen atoms in total. The molecule has 38 heavy (non-hydrogen) atoms. The van der Waals surface area contributed by atoms with Crippen molar-refractivity contribution in [2.75, 3.05) is 39.3 Å². The van der Waals surface area contributed by atoms with Gasteiger partial charge in [-0.3, -0.25) is 4.79 Å². The molecule has 1 aliphatic rings. The van der Waals surface area contributed by atoms with Crippen molar-refractivity contribution >= 4 is 21.9 Å². The smallest absolute Gasteiger partial charge is 0.475 e. The second kappa shape index (κ2) is 14.3. The number of benzene rings is 2. The van der Waals surface area contributed by atoms with Crippen LogP contribution in [0.15, 0.2) is 59.5 Å². The molecule has 1 aliphatic heterocycles. The lowest BCUT2D eigenvalue weighted by Gasteiger charge is -2.30. The van der Waals surface area contributed by atoms with Gasteiger partial charge in [0.05, 0.1) is 11.4 Å². The average Bonchev–Trinajstić information content (AvgIpc) is 2.87. The Kier molecular flexibility index (Phi) is 11.7. The third-order valence-electron chi connectivity index (χ3n) is 5.72. The van der Waals surface area contributed by atoms with Crippen LogP contribution in [0.2, 0.25) is 0 Å². The van der Waals surface area contributed by atoms with Crippen molar-refractivity contribution in [1.29, 1.82) is 0 Å². The molecular formula is C26H34F3N3O5S. The van der Waals surface area contributed by atoms with Crippen molar-refractivity contribution in [2.24, 2.45) is 5.92 Å². The molecular weight excluding hydrogens is 523 g/mol. The number of carboxylic acids is 1. The number of halogens is 3. The zero-order chi connectivity index (χ0) is 28.3. The number of aliphatic carboxylic acids is 1. The molecule has 1 amide bonds. The first-order chi connectivity index (χ1) is 17.8. The summed E-state index contributed by atoms with van der Waals surface area (Å²) in [4.78, 5) is 23.7. The first-order valence-electron chi connectivity index (χ1n) is 12.2. The summed E-state index contributed by atoms with van der Waals surface area (Å²) in [7, 11) is -3.78. The van der Waals surface area contributed by atoms with Crippen LogP contribution in [0, 0.1) is 5.92 Å². The molecule has 0 aliphatic carbocycles. The molecule has 210 valence electrons. The third-order valence-corrected chi connectivity index (χ3v) is 7.58. The van der Waals surface area contributed by atoms with E-state index in [0.29, 0.717) is 25.4 Å². The van der Waals surface area contributed by atoms with Gasteiger partial charge in [-0.05, 0) is 42.0 Å². The van der Waals surface area contributed by atoms with Crippen molar-refractivity contribution in [3.8, 4) is 0 Å². The highest BCUT2D eigenvalue weighted by molar-refractivity contribution is 7.89. The van der Waals surface area contributed by atoms with Gasteiger partial charge in [0.2, 0.25) is 15.9 Å². The molecule has 0 bridgehead atoms. The van der Waals surface area contributed by atoms with E-state index >= 15 is 0 Å². The van der Waals surface area contributed by atoms with Crippen molar-refractivity contribution in [3.63, 3.8) is 0 Å². The van der Waals surface area contributed by atoms with E-state index in [0.717, 1.165) is 30.6 Å². The van der Waals surface area contributed by atoms with Gasteiger partial charge in [-0.2, -0.15) is 17.5 Å². The predicted octanol–water partition coefficient (Wildman–Crippen LogP) is 3.18. The van der Waals surface area contributed by atoms with E-state index in [-0.39, 0.29) is 23.9 Å². The minimum Gasteiger partial charge on any atom is -0.475 e. The molecule has 3 rings (SSSR count). The van der Waals surface area contributed by atoms with Gasteiger partial charge < -0.3 is 15.3 Å². The Morgan fingerprint density at radius 2 is 1.55 bits per heavy atom. The number of sulfonamides is 1. The summed E-state index contributed by atoms with van der Waals surface area (Å²) in [5, 5.41) is 10.3. The summed E-state index contributed by atoms with van der Waals surface area (Å²) in [6.45, 7) is 7.08. The van der Waals surface area contributed by atoms with Gasteiger partial charge in [-0.25, -0.2) is 13.2 Å². The largest absolute Gasteiger partial charge is 0.490 e. The van der Waals surface area contributed by atoms with Crippen molar-refractivity contribution in [3.05, 3.63) is 65.7 Å². The molecule has 2 aromatic carbocycles. The van der Waals surface area contributed by atoms with E-state index in [1.165, 1.54) is 4.31 Å². The zero-order valence-electron chi connectivity index (χ0n) is 21.4. The van der Waals surface area contributed by atoms with E-state index in [1.807, 2.05) is 42.5 Å². The number of nitrogens with zero attached hydrogens (tertiary/aromatic N) is 2. The lowest BCUT2D eigenvalue weighted by atomic mass is 10.0. The highest BCUT2D eigenvalue weighted by Crippen LogP contribution is 2.19. The normalized spacial score (nSPS) is 14.2. The molecule has 1 fully saturated rings. The number of carbonyl (C=O) groups excluding carboxylic acids is 1. The molecule has 0 unspecified atom stereocenters. The molecule has 2 N–H and O–H groups in total. The fourth-order valence-corrected chi connectivity index (χ4v) is 5.16. The Morgan fingerprint density at radius 3 is 2.05 bits per heavy atom. The third kappa shape index (κ3) is 10.1. The van der Waals surface area contributed by atoms with Gasteiger partial charge in [0.25, 0.3) is 0 Å². The Labute approximate surface area is 221 Å². The summed E-state index contributed by atoms with van der Waals surface area (Å²) in [6.07, 6.45) is -3.63. The first-order valence-corrected chi connectivity index (χ1v) is 13.7. The minimum atomic E-state index is -5.08. The van der Waals surface area contributed by atoms with Crippen LogP contribution in [0.1, 0.15) is 25.0 Å². The van der Waals surface area contributed by atoms with E-state index in [2.05, 4.69) is 19.2 Å². The van der Waals surface area contributed by atoms with Gasteiger partial charge >= 0.3 is 12.1 Å². The van der Waals surface area contributed by atoms with Crippen LogP contribution in [0.4, 0.5) is 13.2 Å².